The summed E-state index contributed by atoms with van der Waals surface area (Å²) in [6.45, 7) is 2.09. The maximum Gasteiger partial charge on any atom is 0.239 e. The molecular formula is C12H16BrN5O. The van der Waals surface area contributed by atoms with Crippen molar-refractivity contribution in [2.75, 3.05) is 10.7 Å². The maximum absolute atomic E-state index is 5.31. The Balaban J connectivity index is 1.92. The number of aryl methyl sites for hydroxylation is 1. The first kappa shape index (κ1) is 13.8. The largest absolute Gasteiger partial charge is 0.469 e. The lowest BCUT2D eigenvalue weighted by Gasteiger charge is -2.15. The second-order valence-corrected chi connectivity index (χ2v) is 5.05. The molecule has 1 unspecified atom stereocenters. The van der Waals surface area contributed by atoms with Gasteiger partial charge in [0, 0.05) is 18.7 Å². The van der Waals surface area contributed by atoms with E-state index in [2.05, 4.69) is 43.6 Å². The topological polar surface area (TPSA) is 89.0 Å². The lowest BCUT2D eigenvalue weighted by molar-refractivity contribution is 0.495. The van der Waals surface area contributed by atoms with Crippen molar-refractivity contribution < 1.29 is 4.42 Å². The van der Waals surface area contributed by atoms with Crippen LogP contribution in [0.4, 0.5) is 11.8 Å². The fraction of sp³-hybridized carbons (Fsp3) is 0.333. The molecule has 0 aliphatic heterocycles. The van der Waals surface area contributed by atoms with Crippen LogP contribution in [0.2, 0.25) is 0 Å². The number of nitrogens with one attached hydrogen (secondary N) is 2. The molecule has 2 aromatic rings. The summed E-state index contributed by atoms with van der Waals surface area (Å²) >= 11 is 3.40. The van der Waals surface area contributed by atoms with Crippen molar-refractivity contribution in [3.05, 3.63) is 34.8 Å². The molecule has 2 aromatic heterocycles. The van der Waals surface area contributed by atoms with Gasteiger partial charge >= 0.3 is 0 Å². The van der Waals surface area contributed by atoms with Crippen molar-refractivity contribution in [1.29, 1.82) is 0 Å². The Morgan fingerprint density at radius 3 is 3.05 bits per heavy atom. The van der Waals surface area contributed by atoms with E-state index in [1.54, 1.807) is 12.5 Å². The van der Waals surface area contributed by atoms with Gasteiger partial charge in [0.1, 0.15) is 11.6 Å². The zero-order chi connectivity index (χ0) is 13.7. The third kappa shape index (κ3) is 3.93. The van der Waals surface area contributed by atoms with Crippen LogP contribution in [0.15, 0.2) is 33.5 Å². The van der Waals surface area contributed by atoms with E-state index < -0.39 is 0 Å². The number of hydrazine groups is 1. The van der Waals surface area contributed by atoms with E-state index in [1.807, 2.05) is 12.1 Å². The van der Waals surface area contributed by atoms with Crippen LogP contribution in [-0.4, -0.2) is 16.0 Å². The Bertz CT molecular complexity index is 517. The van der Waals surface area contributed by atoms with Gasteiger partial charge in [-0.15, -0.1) is 0 Å². The third-order valence-corrected chi connectivity index (χ3v) is 3.24. The molecule has 0 aromatic carbocycles. The molecule has 19 heavy (non-hydrogen) atoms. The molecule has 0 aliphatic carbocycles. The normalized spacial score (nSPS) is 12.2. The number of nitrogens with two attached hydrogens (primary N) is 1. The van der Waals surface area contributed by atoms with Crippen LogP contribution in [0.1, 0.15) is 19.1 Å². The zero-order valence-corrected chi connectivity index (χ0v) is 12.1. The summed E-state index contributed by atoms with van der Waals surface area (Å²) in [6, 6.07) is 4.12. The van der Waals surface area contributed by atoms with E-state index in [-0.39, 0.29) is 6.04 Å². The standard InChI is InChI=1S/C12H16BrN5O/c1-8(4-5-9-3-2-6-19-9)16-11-10(13)7-15-12(17-11)18-14/h2-3,6-8H,4-5,14H2,1H3,(H2,15,16,17,18). The molecule has 1 atom stereocenters. The molecule has 0 radical (unpaired) electrons. The van der Waals surface area contributed by atoms with E-state index >= 15 is 0 Å². The fourth-order valence-electron chi connectivity index (χ4n) is 1.66. The molecule has 0 spiro atoms. The first-order valence-electron chi connectivity index (χ1n) is 5.97. The van der Waals surface area contributed by atoms with Gasteiger partial charge in [-0.05, 0) is 41.4 Å². The summed E-state index contributed by atoms with van der Waals surface area (Å²) in [6.07, 6.45) is 5.17. The van der Waals surface area contributed by atoms with Crippen LogP contribution in [0.25, 0.3) is 0 Å². The number of furan rings is 1. The molecule has 0 fully saturated rings. The molecule has 0 amide bonds. The van der Waals surface area contributed by atoms with Gasteiger partial charge in [0.05, 0.1) is 10.7 Å². The van der Waals surface area contributed by atoms with Crippen LogP contribution in [0, 0.1) is 0 Å². The first-order valence-corrected chi connectivity index (χ1v) is 6.76. The van der Waals surface area contributed by atoms with Crippen LogP contribution < -0.4 is 16.6 Å². The molecule has 0 bridgehead atoms. The highest BCUT2D eigenvalue weighted by Gasteiger charge is 2.09. The highest BCUT2D eigenvalue weighted by Crippen LogP contribution is 2.21. The van der Waals surface area contributed by atoms with Crippen LogP contribution in [0.3, 0.4) is 0 Å². The molecule has 0 aliphatic rings. The van der Waals surface area contributed by atoms with E-state index in [0.29, 0.717) is 5.95 Å². The van der Waals surface area contributed by atoms with Gasteiger partial charge in [0.15, 0.2) is 0 Å². The van der Waals surface area contributed by atoms with Crippen molar-refractivity contribution >= 4 is 27.7 Å². The molecule has 102 valence electrons. The van der Waals surface area contributed by atoms with Crippen molar-refractivity contribution in [2.24, 2.45) is 5.84 Å². The van der Waals surface area contributed by atoms with Crippen LogP contribution >= 0.6 is 15.9 Å². The Kier molecular flexibility index (Phi) is 4.75. The van der Waals surface area contributed by atoms with Crippen molar-refractivity contribution in [3.63, 3.8) is 0 Å². The number of nitrogens with zero attached hydrogens (tertiary/aromatic N) is 2. The highest BCUT2D eigenvalue weighted by atomic mass is 79.9. The van der Waals surface area contributed by atoms with E-state index in [4.69, 9.17) is 10.3 Å². The molecule has 0 saturated carbocycles. The first-order chi connectivity index (χ1) is 9.19. The lowest BCUT2D eigenvalue weighted by atomic mass is 10.1. The van der Waals surface area contributed by atoms with Gasteiger partial charge in [-0.3, -0.25) is 5.43 Å². The minimum Gasteiger partial charge on any atom is -0.469 e. The number of hydrogen-bond donors (Lipinski definition) is 3. The smallest absolute Gasteiger partial charge is 0.239 e. The van der Waals surface area contributed by atoms with Gasteiger partial charge in [-0.2, -0.15) is 4.98 Å². The van der Waals surface area contributed by atoms with Crippen LogP contribution in [0.5, 0.6) is 0 Å². The SMILES string of the molecule is CC(CCc1ccco1)Nc1nc(NN)ncc1Br. The minimum atomic E-state index is 0.252. The molecule has 6 nitrogen and oxygen atoms in total. The lowest BCUT2D eigenvalue weighted by Crippen LogP contribution is -2.18. The quantitative estimate of drug-likeness (QED) is 0.558. The van der Waals surface area contributed by atoms with E-state index in [9.17, 15) is 0 Å². The average molecular weight is 326 g/mol. The second kappa shape index (κ2) is 6.53. The number of rotatable bonds is 6. The van der Waals surface area contributed by atoms with E-state index in [0.717, 1.165) is 28.9 Å². The van der Waals surface area contributed by atoms with Gasteiger partial charge in [0.2, 0.25) is 5.95 Å². The Hall–Kier alpha value is -1.60. The predicted molar refractivity (Wildman–Crippen MR) is 77.7 cm³/mol. The zero-order valence-electron chi connectivity index (χ0n) is 10.6. The highest BCUT2D eigenvalue weighted by molar-refractivity contribution is 9.10. The molecule has 0 saturated heterocycles. The van der Waals surface area contributed by atoms with Crippen molar-refractivity contribution in [2.45, 2.75) is 25.8 Å². The summed E-state index contributed by atoms with van der Waals surface area (Å²) in [5.74, 6) is 7.37. The predicted octanol–water partition coefficient (Wildman–Crippen LogP) is 2.55. The number of anilines is 2. The summed E-state index contributed by atoms with van der Waals surface area (Å²) in [5, 5.41) is 3.31. The van der Waals surface area contributed by atoms with Gasteiger partial charge in [0.25, 0.3) is 0 Å². The Morgan fingerprint density at radius 1 is 1.53 bits per heavy atom. The number of aromatic nitrogens is 2. The summed E-state index contributed by atoms with van der Waals surface area (Å²) in [4.78, 5) is 8.25. The fourth-order valence-corrected chi connectivity index (χ4v) is 1.96. The third-order valence-electron chi connectivity index (χ3n) is 2.66. The van der Waals surface area contributed by atoms with Gasteiger partial charge in [-0.1, -0.05) is 0 Å². The minimum absolute atomic E-state index is 0.252. The molecule has 4 N–H and O–H groups in total. The molecular weight excluding hydrogens is 310 g/mol. The number of hydrogen-bond acceptors (Lipinski definition) is 6. The van der Waals surface area contributed by atoms with Crippen molar-refractivity contribution in [1.82, 2.24) is 9.97 Å². The molecule has 2 heterocycles. The summed E-state index contributed by atoms with van der Waals surface area (Å²) in [5.41, 5.74) is 2.42. The average Bonchev–Trinajstić information content (AvgIpc) is 2.92. The van der Waals surface area contributed by atoms with Gasteiger partial charge < -0.3 is 9.73 Å². The Morgan fingerprint density at radius 2 is 2.37 bits per heavy atom. The Labute approximate surface area is 119 Å². The van der Waals surface area contributed by atoms with Gasteiger partial charge in [-0.25, -0.2) is 10.8 Å². The maximum atomic E-state index is 5.31. The van der Waals surface area contributed by atoms with Crippen LogP contribution in [-0.2, 0) is 6.42 Å². The van der Waals surface area contributed by atoms with Crippen molar-refractivity contribution in [3.8, 4) is 0 Å². The summed E-state index contributed by atoms with van der Waals surface area (Å²) in [7, 11) is 0. The van der Waals surface area contributed by atoms with E-state index in [1.165, 1.54) is 0 Å². The number of nitrogen functional groups attached to an aromatic ring is 1. The second-order valence-electron chi connectivity index (χ2n) is 4.20. The monoisotopic (exact) mass is 325 g/mol. The number of halogens is 1. The molecule has 7 heteroatoms. The summed E-state index contributed by atoms with van der Waals surface area (Å²) < 4.78 is 6.11. The molecule has 2 rings (SSSR count).